The van der Waals surface area contributed by atoms with E-state index in [-0.39, 0.29) is 5.91 Å². The lowest BCUT2D eigenvalue weighted by atomic mass is 10.2. The highest BCUT2D eigenvalue weighted by Gasteiger charge is 2.33. The van der Waals surface area contributed by atoms with Crippen molar-refractivity contribution in [1.29, 1.82) is 0 Å². The van der Waals surface area contributed by atoms with Gasteiger partial charge in [-0.3, -0.25) is 9.69 Å². The van der Waals surface area contributed by atoms with Crippen LogP contribution < -0.4 is 10.6 Å². The third kappa shape index (κ3) is 4.25. The average Bonchev–Trinajstić information content (AvgIpc) is 3.10. The Hall–Kier alpha value is -0.610. The van der Waals surface area contributed by atoms with Gasteiger partial charge in [0.25, 0.3) is 0 Å². The summed E-state index contributed by atoms with van der Waals surface area (Å²) in [5.74, 6) is 0.175. The largest absolute Gasteiger partial charge is 0.354 e. The molecular formula is C14H27N3O. The van der Waals surface area contributed by atoms with Crippen LogP contribution >= 0.6 is 0 Å². The molecule has 18 heavy (non-hydrogen) atoms. The maximum atomic E-state index is 11.6. The highest BCUT2D eigenvalue weighted by atomic mass is 16.1. The summed E-state index contributed by atoms with van der Waals surface area (Å²) in [6.07, 6.45) is 5.62. The molecule has 2 atom stereocenters. The Balaban J connectivity index is 1.54. The summed E-state index contributed by atoms with van der Waals surface area (Å²) in [7, 11) is 0. The summed E-state index contributed by atoms with van der Waals surface area (Å²) >= 11 is 0. The molecule has 1 amide bonds. The summed E-state index contributed by atoms with van der Waals surface area (Å²) in [4.78, 5) is 14.2. The molecule has 1 heterocycles. The van der Waals surface area contributed by atoms with Crippen LogP contribution in [0.25, 0.3) is 0 Å². The average molecular weight is 253 g/mol. The van der Waals surface area contributed by atoms with Crippen molar-refractivity contribution in [3.63, 3.8) is 0 Å². The molecule has 2 aliphatic rings. The second kappa shape index (κ2) is 6.53. The van der Waals surface area contributed by atoms with Crippen LogP contribution in [-0.2, 0) is 4.79 Å². The van der Waals surface area contributed by atoms with E-state index < -0.39 is 0 Å². The molecule has 0 aromatic heterocycles. The zero-order valence-corrected chi connectivity index (χ0v) is 11.7. The fraction of sp³-hybridized carbons (Fsp3) is 0.929. The molecule has 2 fully saturated rings. The van der Waals surface area contributed by atoms with E-state index in [2.05, 4.69) is 29.4 Å². The van der Waals surface area contributed by atoms with Gasteiger partial charge in [-0.15, -0.1) is 0 Å². The molecule has 1 aliphatic heterocycles. The SMILES string of the molecule is CCC(C)NC(=O)CCNC1CCN(C2CC2)C1. The van der Waals surface area contributed by atoms with Crippen LogP contribution in [0.4, 0.5) is 0 Å². The number of hydrogen-bond donors (Lipinski definition) is 2. The van der Waals surface area contributed by atoms with E-state index in [0.29, 0.717) is 18.5 Å². The number of amides is 1. The van der Waals surface area contributed by atoms with E-state index >= 15 is 0 Å². The summed E-state index contributed by atoms with van der Waals surface area (Å²) in [6, 6.07) is 1.78. The summed E-state index contributed by atoms with van der Waals surface area (Å²) < 4.78 is 0. The van der Waals surface area contributed by atoms with Gasteiger partial charge in [-0.2, -0.15) is 0 Å². The molecule has 0 radical (unpaired) electrons. The molecule has 0 aromatic rings. The van der Waals surface area contributed by atoms with Crippen molar-refractivity contribution < 1.29 is 4.79 Å². The zero-order valence-electron chi connectivity index (χ0n) is 11.7. The van der Waals surface area contributed by atoms with E-state index in [1.165, 1.54) is 32.4 Å². The number of nitrogens with one attached hydrogen (secondary N) is 2. The summed E-state index contributed by atoms with van der Waals surface area (Å²) in [6.45, 7) is 7.37. The molecule has 0 bridgehead atoms. The topological polar surface area (TPSA) is 44.4 Å². The number of nitrogens with zero attached hydrogens (tertiary/aromatic N) is 1. The zero-order chi connectivity index (χ0) is 13.0. The van der Waals surface area contributed by atoms with Crippen molar-refractivity contribution in [2.45, 2.75) is 64.1 Å². The molecule has 1 aliphatic carbocycles. The monoisotopic (exact) mass is 253 g/mol. The molecule has 2 N–H and O–H groups in total. The van der Waals surface area contributed by atoms with Gasteiger partial charge >= 0.3 is 0 Å². The van der Waals surface area contributed by atoms with Gasteiger partial charge in [0.1, 0.15) is 0 Å². The lowest BCUT2D eigenvalue weighted by Gasteiger charge is -2.16. The number of rotatable bonds is 7. The Kier molecular flexibility index (Phi) is 5.01. The Morgan fingerprint density at radius 2 is 2.17 bits per heavy atom. The minimum Gasteiger partial charge on any atom is -0.354 e. The number of carbonyl (C=O) groups is 1. The standard InChI is InChI=1S/C14H27N3O/c1-3-11(2)16-14(18)6-8-15-12-7-9-17(10-12)13-4-5-13/h11-13,15H,3-10H2,1-2H3,(H,16,18). The van der Waals surface area contributed by atoms with Gasteiger partial charge in [-0.1, -0.05) is 6.92 Å². The maximum absolute atomic E-state index is 11.6. The Bertz CT molecular complexity index is 278. The smallest absolute Gasteiger partial charge is 0.221 e. The fourth-order valence-electron chi connectivity index (χ4n) is 2.56. The van der Waals surface area contributed by atoms with Gasteiger partial charge in [0, 0.05) is 44.2 Å². The predicted octanol–water partition coefficient (Wildman–Crippen LogP) is 1.12. The van der Waals surface area contributed by atoms with E-state index in [4.69, 9.17) is 0 Å². The molecule has 2 rings (SSSR count). The molecule has 1 saturated carbocycles. The van der Waals surface area contributed by atoms with Crippen molar-refractivity contribution in [3.05, 3.63) is 0 Å². The van der Waals surface area contributed by atoms with Crippen molar-refractivity contribution in [2.24, 2.45) is 0 Å². The van der Waals surface area contributed by atoms with E-state index in [1.807, 2.05) is 0 Å². The number of carbonyl (C=O) groups excluding carboxylic acids is 1. The Labute approximate surface area is 110 Å². The minimum atomic E-state index is 0.175. The van der Waals surface area contributed by atoms with Crippen molar-refractivity contribution in [3.8, 4) is 0 Å². The van der Waals surface area contributed by atoms with Crippen LogP contribution in [0.15, 0.2) is 0 Å². The van der Waals surface area contributed by atoms with Crippen LogP contribution in [-0.4, -0.2) is 48.6 Å². The van der Waals surface area contributed by atoms with Crippen LogP contribution in [0.2, 0.25) is 0 Å². The molecule has 104 valence electrons. The van der Waals surface area contributed by atoms with E-state index in [1.54, 1.807) is 0 Å². The number of hydrogen-bond acceptors (Lipinski definition) is 3. The van der Waals surface area contributed by atoms with Gasteiger partial charge in [0.05, 0.1) is 0 Å². The molecule has 0 aromatic carbocycles. The first-order valence-electron chi connectivity index (χ1n) is 7.45. The highest BCUT2D eigenvalue weighted by Crippen LogP contribution is 2.29. The van der Waals surface area contributed by atoms with Crippen molar-refractivity contribution >= 4 is 5.91 Å². The van der Waals surface area contributed by atoms with E-state index in [9.17, 15) is 4.79 Å². The second-order valence-electron chi connectivity index (χ2n) is 5.79. The lowest BCUT2D eigenvalue weighted by molar-refractivity contribution is -0.121. The molecule has 0 spiro atoms. The molecule has 1 saturated heterocycles. The molecule has 4 nitrogen and oxygen atoms in total. The Morgan fingerprint density at radius 1 is 1.39 bits per heavy atom. The normalized spacial score (nSPS) is 26.2. The van der Waals surface area contributed by atoms with E-state index in [0.717, 1.165) is 19.0 Å². The van der Waals surface area contributed by atoms with Crippen LogP contribution in [0.3, 0.4) is 0 Å². The van der Waals surface area contributed by atoms with Crippen LogP contribution in [0, 0.1) is 0 Å². The fourth-order valence-corrected chi connectivity index (χ4v) is 2.56. The third-order valence-electron chi connectivity index (χ3n) is 4.09. The molecule has 4 heteroatoms. The minimum absolute atomic E-state index is 0.175. The first-order chi connectivity index (χ1) is 8.69. The quantitative estimate of drug-likeness (QED) is 0.714. The van der Waals surface area contributed by atoms with Gasteiger partial charge in [0.2, 0.25) is 5.91 Å². The van der Waals surface area contributed by atoms with Gasteiger partial charge < -0.3 is 10.6 Å². The predicted molar refractivity (Wildman–Crippen MR) is 73.5 cm³/mol. The third-order valence-corrected chi connectivity index (χ3v) is 4.09. The first-order valence-corrected chi connectivity index (χ1v) is 7.45. The lowest BCUT2D eigenvalue weighted by Crippen LogP contribution is -2.37. The van der Waals surface area contributed by atoms with Crippen LogP contribution in [0.1, 0.15) is 46.0 Å². The van der Waals surface area contributed by atoms with Gasteiger partial charge in [0.15, 0.2) is 0 Å². The second-order valence-corrected chi connectivity index (χ2v) is 5.79. The van der Waals surface area contributed by atoms with Gasteiger partial charge in [-0.25, -0.2) is 0 Å². The maximum Gasteiger partial charge on any atom is 0.221 e. The molecule has 2 unspecified atom stereocenters. The highest BCUT2D eigenvalue weighted by molar-refractivity contribution is 5.76. The summed E-state index contributed by atoms with van der Waals surface area (Å²) in [5, 5.41) is 6.52. The number of likely N-dealkylation sites (tertiary alicyclic amines) is 1. The summed E-state index contributed by atoms with van der Waals surface area (Å²) in [5.41, 5.74) is 0. The molecular weight excluding hydrogens is 226 g/mol. The van der Waals surface area contributed by atoms with Crippen molar-refractivity contribution in [1.82, 2.24) is 15.5 Å². The first kappa shape index (κ1) is 13.8. The van der Waals surface area contributed by atoms with Crippen molar-refractivity contribution in [2.75, 3.05) is 19.6 Å². The van der Waals surface area contributed by atoms with Gasteiger partial charge in [-0.05, 0) is 32.6 Å². The Morgan fingerprint density at radius 3 is 2.83 bits per heavy atom. The van der Waals surface area contributed by atoms with Crippen LogP contribution in [0.5, 0.6) is 0 Å².